The van der Waals surface area contributed by atoms with Crippen molar-refractivity contribution >= 4 is 17.2 Å². The van der Waals surface area contributed by atoms with Crippen LogP contribution in [0.5, 0.6) is 0 Å². The summed E-state index contributed by atoms with van der Waals surface area (Å²) < 4.78 is 10.5. The number of ether oxygens (including phenoxy) is 1. The van der Waals surface area contributed by atoms with Gasteiger partial charge in [-0.25, -0.2) is 9.97 Å². The molecular weight excluding hydrogens is 330 g/mol. The van der Waals surface area contributed by atoms with Crippen molar-refractivity contribution in [1.82, 2.24) is 25.5 Å². The lowest BCUT2D eigenvalue weighted by atomic mass is 10.3. The Morgan fingerprint density at radius 1 is 1.50 bits per heavy atom. The van der Waals surface area contributed by atoms with E-state index in [1.54, 1.807) is 32.4 Å². The quantitative estimate of drug-likeness (QED) is 0.709. The Morgan fingerprint density at radius 2 is 2.33 bits per heavy atom. The van der Waals surface area contributed by atoms with Gasteiger partial charge < -0.3 is 14.5 Å². The van der Waals surface area contributed by atoms with Gasteiger partial charge in [0.15, 0.2) is 5.76 Å². The fourth-order valence-electron chi connectivity index (χ4n) is 2.04. The van der Waals surface area contributed by atoms with Crippen molar-refractivity contribution in [3.63, 3.8) is 0 Å². The summed E-state index contributed by atoms with van der Waals surface area (Å²) in [6.07, 6.45) is 1.42. The minimum Gasteiger partial charge on any atom is -0.461 e. The number of carbonyl (C=O) groups excluding carboxylic acids is 1. The third kappa shape index (κ3) is 3.36. The van der Waals surface area contributed by atoms with Crippen molar-refractivity contribution in [2.45, 2.75) is 26.5 Å². The van der Waals surface area contributed by atoms with Crippen LogP contribution < -0.4 is 5.32 Å². The molecule has 3 heterocycles. The Balaban J connectivity index is 1.65. The molecule has 0 aliphatic rings. The maximum atomic E-state index is 12.3. The monoisotopic (exact) mass is 347 g/mol. The molecule has 0 aromatic carbocycles. The summed E-state index contributed by atoms with van der Waals surface area (Å²) in [5.41, 5.74) is 0.685. The Hall–Kier alpha value is -2.52. The van der Waals surface area contributed by atoms with E-state index in [2.05, 4.69) is 25.5 Å². The van der Waals surface area contributed by atoms with Crippen molar-refractivity contribution in [1.29, 1.82) is 0 Å². The zero-order chi connectivity index (χ0) is 17.1. The van der Waals surface area contributed by atoms with Crippen LogP contribution in [0.3, 0.4) is 0 Å². The first kappa shape index (κ1) is 16.3. The van der Waals surface area contributed by atoms with Crippen LogP contribution in [0.2, 0.25) is 0 Å². The maximum Gasteiger partial charge on any atom is 0.263 e. The van der Waals surface area contributed by atoms with E-state index in [0.29, 0.717) is 28.0 Å². The van der Waals surface area contributed by atoms with E-state index in [0.717, 1.165) is 5.01 Å². The summed E-state index contributed by atoms with van der Waals surface area (Å²) in [5.74, 6) is 1.37. The second kappa shape index (κ2) is 6.93. The number of hydrogen-bond acceptors (Lipinski definition) is 7. The van der Waals surface area contributed by atoms with E-state index >= 15 is 0 Å². The van der Waals surface area contributed by atoms with Gasteiger partial charge in [0.2, 0.25) is 5.82 Å². The van der Waals surface area contributed by atoms with E-state index in [4.69, 9.17) is 9.15 Å². The van der Waals surface area contributed by atoms with Gasteiger partial charge >= 0.3 is 0 Å². The van der Waals surface area contributed by atoms with Gasteiger partial charge in [0.25, 0.3) is 5.91 Å². The first-order chi connectivity index (χ1) is 11.6. The molecule has 24 heavy (non-hydrogen) atoms. The number of aromatic nitrogens is 4. The molecule has 0 fully saturated rings. The standard InChI is InChI=1S/C15H17N5O3S/c1-8-12(24-15(17-8)9(2)22-3)14(21)16-7-11-18-13(20-19-11)10-5-4-6-23-10/h4-6,9H,7H2,1-3H3,(H,16,21)(H,18,19,20). The molecule has 126 valence electrons. The van der Waals surface area contributed by atoms with Crippen LogP contribution >= 0.6 is 11.3 Å². The van der Waals surface area contributed by atoms with Gasteiger partial charge in [-0.3, -0.25) is 9.89 Å². The Labute approximate surface area is 142 Å². The van der Waals surface area contributed by atoms with Gasteiger partial charge in [-0.1, -0.05) is 0 Å². The highest BCUT2D eigenvalue weighted by Gasteiger charge is 2.18. The second-order valence-electron chi connectivity index (χ2n) is 5.11. The lowest BCUT2D eigenvalue weighted by Crippen LogP contribution is -2.23. The van der Waals surface area contributed by atoms with E-state index < -0.39 is 0 Å². The fraction of sp³-hybridized carbons (Fsp3) is 0.333. The molecule has 0 aliphatic heterocycles. The Morgan fingerprint density at radius 3 is 3.04 bits per heavy atom. The first-order valence-corrected chi connectivity index (χ1v) is 8.13. The van der Waals surface area contributed by atoms with Crippen molar-refractivity contribution < 1.29 is 13.9 Å². The average molecular weight is 347 g/mol. The van der Waals surface area contributed by atoms with E-state index in [1.807, 2.05) is 6.92 Å². The van der Waals surface area contributed by atoms with Crippen LogP contribution in [-0.2, 0) is 11.3 Å². The normalized spacial score (nSPS) is 12.3. The number of aryl methyl sites for hydroxylation is 1. The molecule has 1 atom stereocenters. The number of amides is 1. The number of carbonyl (C=O) groups is 1. The molecule has 1 unspecified atom stereocenters. The summed E-state index contributed by atoms with van der Waals surface area (Å²) in [6.45, 7) is 3.93. The van der Waals surface area contributed by atoms with Crippen molar-refractivity contribution in [2.75, 3.05) is 7.11 Å². The molecule has 3 aromatic heterocycles. The Bertz CT molecular complexity index is 824. The largest absolute Gasteiger partial charge is 0.461 e. The predicted octanol–water partition coefficient (Wildman–Crippen LogP) is 2.47. The minimum absolute atomic E-state index is 0.139. The van der Waals surface area contributed by atoms with E-state index in [9.17, 15) is 4.79 Å². The highest BCUT2D eigenvalue weighted by atomic mass is 32.1. The van der Waals surface area contributed by atoms with E-state index in [1.165, 1.54) is 11.3 Å². The molecular formula is C15H17N5O3S. The lowest BCUT2D eigenvalue weighted by molar-refractivity contribution is 0.0953. The molecule has 1 amide bonds. The summed E-state index contributed by atoms with van der Waals surface area (Å²) >= 11 is 1.33. The van der Waals surface area contributed by atoms with Gasteiger partial charge in [0.05, 0.1) is 18.5 Å². The molecule has 0 saturated carbocycles. The SMILES string of the molecule is COC(C)c1nc(C)c(C(=O)NCc2nc(-c3ccco3)n[nH]2)s1. The molecule has 0 spiro atoms. The van der Waals surface area contributed by atoms with Crippen molar-refractivity contribution in [2.24, 2.45) is 0 Å². The maximum absolute atomic E-state index is 12.3. The second-order valence-corrected chi connectivity index (χ2v) is 6.14. The van der Waals surface area contributed by atoms with Gasteiger partial charge in [0, 0.05) is 7.11 Å². The van der Waals surface area contributed by atoms with Crippen LogP contribution in [0.15, 0.2) is 22.8 Å². The molecule has 3 aromatic rings. The van der Waals surface area contributed by atoms with Gasteiger partial charge in [-0.05, 0) is 26.0 Å². The highest BCUT2D eigenvalue weighted by molar-refractivity contribution is 7.13. The fourth-order valence-corrected chi connectivity index (χ4v) is 3.05. The Kier molecular flexibility index (Phi) is 4.72. The van der Waals surface area contributed by atoms with Crippen LogP contribution in [0.4, 0.5) is 0 Å². The third-order valence-corrected chi connectivity index (χ3v) is 4.73. The topological polar surface area (TPSA) is 106 Å². The summed E-state index contributed by atoms with van der Waals surface area (Å²) in [6, 6.07) is 3.53. The van der Waals surface area contributed by atoms with Gasteiger partial charge in [-0.2, -0.15) is 0 Å². The summed E-state index contributed by atoms with van der Waals surface area (Å²) in [7, 11) is 1.61. The van der Waals surface area contributed by atoms with Gasteiger partial charge in [-0.15, -0.1) is 16.4 Å². The molecule has 2 N–H and O–H groups in total. The molecule has 0 aliphatic carbocycles. The third-order valence-electron chi connectivity index (χ3n) is 3.41. The number of nitrogens with zero attached hydrogens (tertiary/aromatic N) is 3. The number of rotatable bonds is 6. The molecule has 0 radical (unpaired) electrons. The predicted molar refractivity (Wildman–Crippen MR) is 87.5 cm³/mol. The van der Waals surface area contributed by atoms with Gasteiger partial charge in [0.1, 0.15) is 21.8 Å². The van der Waals surface area contributed by atoms with Crippen LogP contribution in [0.1, 0.15) is 39.2 Å². The molecule has 0 saturated heterocycles. The number of nitrogens with one attached hydrogen (secondary N) is 2. The zero-order valence-corrected chi connectivity index (χ0v) is 14.3. The summed E-state index contributed by atoms with van der Waals surface area (Å²) in [4.78, 5) is 21.6. The minimum atomic E-state index is -0.199. The van der Waals surface area contributed by atoms with Crippen LogP contribution in [0.25, 0.3) is 11.6 Å². The number of methoxy groups -OCH3 is 1. The summed E-state index contributed by atoms with van der Waals surface area (Å²) in [5, 5.41) is 10.4. The number of furan rings is 1. The smallest absolute Gasteiger partial charge is 0.263 e. The van der Waals surface area contributed by atoms with Crippen molar-refractivity contribution in [3.8, 4) is 11.6 Å². The van der Waals surface area contributed by atoms with E-state index in [-0.39, 0.29) is 18.6 Å². The van der Waals surface area contributed by atoms with Crippen molar-refractivity contribution in [3.05, 3.63) is 39.8 Å². The molecule has 3 rings (SSSR count). The lowest BCUT2D eigenvalue weighted by Gasteiger charge is -2.03. The first-order valence-electron chi connectivity index (χ1n) is 7.32. The molecule has 9 heteroatoms. The number of hydrogen-bond donors (Lipinski definition) is 2. The average Bonchev–Trinajstić information content (AvgIpc) is 3.31. The molecule has 0 bridgehead atoms. The number of H-pyrrole nitrogens is 1. The molecule has 8 nitrogen and oxygen atoms in total. The number of aromatic amines is 1. The number of thiazole rings is 1. The highest BCUT2D eigenvalue weighted by Crippen LogP contribution is 2.25. The zero-order valence-electron chi connectivity index (χ0n) is 13.5. The van der Waals surface area contributed by atoms with Crippen LogP contribution in [-0.4, -0.2) is 33.2 Å². The van der Waals surface area contributed by atoms with Crippen LogP contribution in [0, 0.1) is 6.92 Å².